The fraction of sp³-hybridized carbons (Fsp3) is 0.400. The predicted octanol–water partition coefficient (Wildman–Crippen LogP) is 2.08. The highest BCUT2D eigenvalue weighted by Gasteiger charge is 2.32. The molecule has 0 atom stereocenters. The average Bonchev–Trinajstić information content (AvgIpc) is 2.34. The average molecular weight is 293 g/mol. The molecular formula is C10H10F3N3O4. The highest BCUT2D eigenvalue weighted by atomic mass is 19.4. The number of halogens is 3. The van der Waals surface area contributed by atoms with E-state index < -0.39 is 40.7 Å². The summed E-state index contributed by atoms with van der Waals surface area (Å²) in [7, 11) is 0. The van der Waals surface area contributed by atoms with Crippen molar-refractivity contribution in [1.82, 2.24) is 4.98 Å². The molecule has 0 bridgehead atoms. The van der Waals surface area contributed by atoms with Crippen molar-refractivity contribution in [2.45, 2.75) is 13.1 Å². The van der Waals surface area contributed by atoms with Crippen molar-refractivity contribution in [2.75, 3.05) is 18.0 Å². The quantitative estimate of drug-likeness (QED) is 0.659. The normalized spacial score (nSPS) is 11.2. The molecule has 1 aromatic heterocycles. The molecule has 110 valence electrons. The summed E-state index contributed by atoms with van der Waals surface area (Å²) in [5.41, 5.74) is -1.25. The van der Waals surface area contributed by atoms with E-state index >= 15 is 0 Å². The Hall–Kier alpha value is -2.39. The van der Waals surface area contributed by atoms with Crippen LogP contribution >= 0.6 is 0 Å². The number of anilines is 1. The van der Waals surface area contributed by atoms with E-state index in [-0.39, 0.29) is 6.54 Å². The molecule has 1 N–H and O–H groups in total. The minimum Gasteiger partial charge on any atom is -0.478 e. The number of hydrogen-bond donors (Lipinski definition) is 1. The Balaban J connectivity index is 3.28. The smallest absolute Gasteiger partial charge is 0.405 e. The van der Waals surface area contributed by atoms with Crippen LogP contribution in [-0.2, 0) is 0 Å². The van der Waals surface area contributed by atoms with E-state index in [0.29, 0.717) is 11.0 Å². The summed E-state index contributed by atoms with van der Waals surface area (Å²) in [5.74, 6) is -2.04. The number of carboxylic acid groups (broad SMARTS) is 1. The van der Waals surface area contributed by atoms with Crippen LogP contribution in [0.4, 0.5) is 24.7 Å². The highest BCUT2D eigenvalue weighted by Crippen LogP contribution is 2.26. The lowest BCUT2D eigenvalue weighted by Gasteiger charge is -2.24. The summed E-state index contributed by atoms with van der Waals surface area (Å²) < 4.78 is 37.2. The summed E-state index contributed by atoms with van der Waals surface area (Å²) in [6.45, 7) is -0.153. The molecule has 0 spiro atoms. The second-order valence-corrected chi connectivity index (χ2v) is 3.76. The Morgan fingerprint density at radius 2 is 2.15 bits per heavy atom. The first-order chi connectivity index (χ1) is 9.15. The van der Waals surface area contributed by atoms with Crippen LogP contribution in [-0.4, -0.2) is 40.2 Å². The molecule has 1 heterocycles. The monoisotopic (exact) mass is 293 g/mol. The molecule has 0 aromatic carbocycles. The maximum atomic E-state index is 12.4. The number of nitro groups is 1. The molecule has 0 saturated heterocycles. The van der Waals surface area contributed by atoms with Gasteiger partial charge < -0.3 is 10.0 Å². The number of pyridine rings is 1. The fourth-order valence-corrected chi connectivity index (χ4v) is 1.51. The first kappa shape index (κ1) is 15.7. The van der Waals surface area contributed by atoms with Crippen LogP contribution in [0.2, 0.25) is 0 Å². The molecule has 0 aliphatic heterocycles. The molecule has 10 heteroatoms. The Kier molecular flexibility index (Phi) is 4.48. The Labute approximate surface area is 110 Å². The molecule has 20 heavy (non-hydrogen) atoms. The first-order valence-electron chi connectivity index (χ1n) is 5.35. The maximum Gasteiger partial charge on any atom is 0.405 e. The molecule has 1 aromatic rings. The van der Waals surface area contributed by atoms with Crippen LogP contribution in [0.25, 0.3) is 0 Å². The number of carbonyl (C=O) groups is 1. The molecule has 0 amide bonds. The molecule has 0 aliphatic rings. The van der Waals surface area contributed by atoms with Gasteiger partial charge in [0.15, 0.2) is 0 Å². The standard InChI is InChI=1S/C10H10F3N3O4/c1-2-15(5-10(11,12)13)8-7(9(17)18)3-6(4-14-8)16(19)20/h3-4H,2,5H2,1H3,(H,17,18). The third-order valence-electron chi connectivity index (χ3n) is 2.34. The number of rotatable bonds is 5. The molecule has 0 unspecified atom stereocenters. The lowest BCUT2D eigenvalue weighted by molar-refractivity contribution is -0.385. The Morgan fingerprint density at radius 3 is 2.55 bits per heavy atom. The van der Waals surface area contributed by atoms with Crippen LogP contribution in [0.15, 0.2) is 12.3 Å². The van der Waals surface area contributed by atoms with Gasteiger partial charge in [-0.25, -0.2) is 9.78 Å². The first-order valence-corrected chi connectivity index (χ1v) is 5.35. The fourth-order valence-electron chi connectivity index (χ4n) is 1.51. The van der Waals surface area contributed by atoms with Gasteiger partial charge in [-0.1, -0.05) is 0 Å². The second-order valence-electron chi connectivity index (χ2n) is 3.76. The van der Waals surface area contributed by atoms with E-state index in [9.17, 15) is 28.1 Å². The van der Waals surface area contributed by atoms with Crippen LogP contribution in [0.5, 0.6) is 0 Å². The van der Waals surface area contributed by atoms with E-state index in [1.54, 1.807) is 0 Å². The summed E-state index contributed by atoms with van der Waals surface area (Å²) in [6, 6.07) is 0.684. The van der Waals surface area contributed by atoms with Crippen molar-refractivity contribution < 1.29 is 28.0 Å². The zero-order valence-electron chi connectivity index (χ0n) is 10.2. The molecule has 0 fully saturated rings. The van der Waals surface area contributed by atoms with Crippen LogP contribution < -0.4 is 4.90 Å². The largest absolute Gasteiger partial charge is 0.478 e. The van der Waals surface area contributed by atoms with Gasteiger partial charge in [0.1, 0.15) is 24.1 Å². The molecule has 0 aliphatic carbocycles. The minimum atomic E-state index is -4.55. The number of alkyl halides is 3. The SMILES string of the molecule is CCN(CC(F)(F)F)c1ncc([N+](=O)[O-])cc1C(=O)O. The van der Waals surface area contributed by atoms with Gasteiger partial charge >= 0.3 is 12.1 Å². The zero-order valence-corrected chi connectivity index (χ0v) is 10.2. The summed E-state index contributed by atoms with van der Waals surface area (Å²) >= 11 is 0. The number of aromatic carboxylic acids is 1. The maximum absolute atomic E-state index is 12.4. The number of aromatic nitrogens is 1. The lowest BCUT2D eigenvalue weighted by atomic mass is 10.2. The highest BCUT2D eigenvalue weighted by molar-refractivity contribution is 5.94. The van der Waals surface area contributed by atoms with Crippen molar-refractivity contribution in [2.24, 2.45) is 0 Å². The van der Waals surface area contributed by atoms with Gasteiger partial charge in [0.2, 0.25) is 0 Å². The summed E-state index contributed by atoms with van der Waals surface area (Å²) in [6.07, 6.45) is -3.82. The van der Waals surface area contributed by atoms with E-state index in [1.165, 1.54) is 6.92 Å². The van der Waals surface area contributed by atoms with Crippen molar-refractivity contribution in [3.05, 3.63) is 27.9 Å². The molecule has 0 radical (unpaired) electrons. The van der Waals surface area contributed by atoms with Gasteiger partial charge in [0.25, 0.3) is 5.69 Å². The summed E-state index contributed by atoms with van der Waals surface area (Å²) in [4.78, 5) is 24.8. The third kappa shape index (κ3) is 3.80. The molecule has 1 rings (SSSR count). The Morgan fingerprint density at radius 1 is 1.55 bits per heavy atom. The van der Waals surface area contributed by atoms with Gasteiger partial charge in [-0.05, 0) is 6.92 Å². The molecule has 0 saturated carbocycles. The number of carboxylic acids is 1. The van der Waals surface area contributed by atoms with Crippen LogP contribution in [0, 0.1) is 10.1 Å². The zero-order chi connectivity index (χ0) is 15.5. The van der Waals surface area contributed by atoms with Crippen LogP contribution in [0.3, 0.4) is 0 Å². The summed E-state index contributed by atoms with van der Waals surface area (Å²) in [5, 5.41) is 19.5. The van der Waals surface area contributed by atoms with Gasteiger partial charge in [-0.3, -0.25) is 10.1 Å². The van der Waals surface area contributed by atoms with Crippen LogP contribution in [0.1, 0.15) is 17.3 Å². The van der Waals surface area contributed by atoms with E-state index in [4.69, 9.17) is 5.11 Å². The van der Waals surface area contributed by atoms with Crippen molar-refractivity contribution in [1.29, 1.82) is 0 Å². The topological polar surface area (TPSA) is 96.6 Å². The van der Waals surface area contributed by atoms with Crippen molar-refractivity contribution >= 4 is 17.5 Å². The van der Waals surface area contributed by atoms with Gasteiger partial charge in [0, 0.05) is 12.6 Å². The van der Waals surface area contributed by atoms with Gasteiger partial charge in [-0.15, -0.1) is 0 Å². The third-order valence-corrected chi connectivity index (χ3v) is 2.34. The minimum absolute atomic E-state index is 0.148. The van der Waals surface area contributed by atoms with E-state index in [0.717, 1.165) is 6.20 Å². The van der Waals surface area contributed by atoms with E-state index in [1.807, 2.05) is 0 Å². The molecule has 7 nitrogen and oxygen atoms in total. The molecular weight excluding hydrogens is 283 g/mol. The Bertz CT molecular complexity index is 533. The van der Waals surface area contributed by atoms with Crippen molar-refractivity contribution in [3.63, 3.8) is 0 Å². The van der Waals surface area contributed by atoms with E-state index in [2.05, 4.69) is 4.98 Å². The lowest BCUT2D eigenvalue weighted by Crippen LogP contribution is -2.35. The number of nitrogens with zero attached hydrogens (tertiary/aromatic N) is 3. The van der Waals surface area contributed by atoms with Crippen molar-refractivity contribution in [3.8, 4) is 0 Å². The van der Waals surface area contributed by atoms with Gasteiger partial charge in [-0.2, -0.15) is 13.2 Å². The second kappa shape index (κ2) is 5.72. The number of hydrogen-bond acceptors (Lipinski definition) is 5. The predicted molar refractivity (Wildman–Crippen MR) is 61.8 cm³/mol. The van der Waals surface area contributed by atoms with Gasteiger partial charge in [0.05, 0.1) is 4.92 Å².